The maximum Gasteiger partial charge on any atom is 0.0453 e. The van der Waals surface area contributed by atoms with Gasteiger partial charge in [-0.1, -0.05) is 29.8 Å². The van der Waals surface area contributed by atoms with E-state index in [2.05, 4.69) is 37.3 Å². The molecule has 1 fully saturated rings. The van der Waals surface area contributed by atoms with Gasteiger partial charge in [-0.2, -0.15) is 0 Å². The van der Waals surface area contributed by atoms with Crippen LogP contribution in [0.15, 0.2) is 24.3 Å². The summed E-state index contributed by atoms with van der Waals surface area (Å²) < 4.78 is 0. The van der Waals surface area contributed by atoms with E-state index in [0.29, 0.717) is 11.6 Å². The Morgan fingerprint density at radius 2 is 2.00 bits per heavy atom. The third kappa shape index (κ3) is 2.71. The van der Waals surface area contributed by atoms with Crippen molar-refractivity contribution in [3.8, 4) is 0 Å². The van der Waals surface area contributed by atoms with E-state index in [4.69, 9.17) is 11.6 Å². The lowest BCUT2D eigenvalue weighted by Gasteiger charge is -2.48. The van der Waals surface area contributed by atoms with Crippen LogP contribution in [0, 0.1) is 0 Å². The molecule has 0 amide bonds. The summed E-state index contributed by atoms with van der Waals surface area (Å²) in [6.45, 7) is 3.22. The van der Waals surface area contributed by atoms with Gasteiger partial charge in [0.15, 0.2) is 0 Å². The maximum atomic E-state index is 6.23. The molecule has 1 aliphatic rings. The number of likely N-dealkylation sites (N-methyl/N-ethyl adjacent to an activating group) is 1. The Labute approximate surface area is 115 Å². The quantitative estimate of drug-likeness (QED) is 0.878. The molecule has 18 heavy (non-hydrogen) atoms. The molecule has 1 atom stereocenters. The van der Waals surface area contributed by atoms with Crippen molar-refractivity contribution in [2.24, 2.45) is 0 Å². The number of benzene rings is 1. The highest BCUT2D eigenvalue weighted by atomic mass is 35.5. The highest BCUT2D eigenvalue weighted by molar-refractivity contribution is 6.31. The first-order valence-electron chi connectivity index (χ1n) is 6.70. The van der Waals surface area contributed by atoms with Crippen molar-refractivity contribution in [3.05, 3.63) is 34.9 Å². The summed E-state index contributed by atoms with van der Waals surface area (Å²) in [7, 11) is 4.36. The van der Waals surface area contributed by atoms with Crippen molar-refractivity contribution in [2.75, 3.05) is 20.6 Å². The van der Waals surface area contributed by atoms with Crippen LogP contribution in [0.2, 0.25) is 5.02 Å². The molecular formula is C15H23ClN2. The molecule has 1 N–H and O–H groups in total. The molecule has 1 saturated carbocycles. The molecule has 1 aromatic rings. The first-order chi connectivity index (χ1) is 8.55. The normalized spacial score (nSPS) is 19.6. The molecule has 0 aromatic heterocycles. The minimum atomic E-state index is 0.302. The van der Waals surface area contributed by atoms with Crippen molar-refractivity contribution < 1.29 is 0 Å². The zero-order valence-corrected chi connectivity index (χ0v) is 12.3. The summed E-state index contributed by atoms with van der Waals surface area (Å²) >= 11 is 6.23. The molecule has 100 valence electrons. The van der Waals surface area contributed by atoms with Crippen LogP contribution in [0.5, 0.6) is 0 Å². The van der Waals surface area contributed by atoms with E-state index in [1.165, 1.54) is 24.8 Å². The van der Waals surface area contributed by atoms with Gasteiger partial charge in [0.05, 0.1) is 0 Å². The van der Waals surface area contributed by atoms with Gasteiger partial charge < -0.3 is 10.2 Å². The van der Waals surface area contributed by atoms with Crippen LogP contribution >= 0.6 is 11.6 Å². The van der Waals surface area contributed by atoms with Crippen molar-refractivity contribution in [2.45, 2.75) is 37.8 Å². The minimum Gasteiger partial charge on any atom is -0.308 e. The topological polar surface area (TPSA) is 15.3 Å². The zero-order valence-electron chi connectivity index (χ0n) is 11.5. The molecule has 1 aliphatic carbocycles. The van der Waals surface area contributed by atoms with Crippen LogP contribution < -0.4 is 5.32 Å². The SMILES string of the molecule is CC(NCC1(N(C)C)CCC1)c1ccccc1Cl. The zero-order chi connectivity index (χ0) is 13.2. The number of rotatable bonds is 5. The predicted octanol–water partition coefficient (Wildman–Crippen LogP) is 3.47. The Morgan fingerprint density at radius 3 is 2.50 bits per heavy atom. The number of hydrogen-bond donors (Lipinski definition) is 1. The van der Waals surface area contributed by atoms with E-state index in [1.54, 1.807) is 0 Å². The van der Waals surface area contributed by atoms with Crippen LogP contribution in [0.4, 0.5) is 0 Å². The lowest BCUT2D eigenvalue weighted by Crippen LogP contribution is -2.56. The molecule has 0 heterocycles. The third-order valence-corrected chi connectivity index (χ3v) is 4.69. The largest absolute Gasteiger partial charge is 0.308 e. The van der Waals surface area contributed by atoms with Gasteiger partial charge >= 0.3 is 0 Å². The van der Waals surface area contributed by atoms with Crippen LogP contribution in [0.25, 0.3) is 0 Å². The fourth-order valence-corrected chi connectivity index (χ4v) is 2.95. The van der Waals surface area contributed by atoms with Crippen molar-refractivity contribution in [1.29, 1.82) is 0 Å². The van der Waals surface area contributed by atoms with Gasteiger partial charge in [0.1, 0.15) is 0 Å². The van der Waals surface area contributed by atoms with Gasteiger partial charge in [-0.15, -0.1) is 0 Å². The second-order valence-electron chi connectivity index (χ2n) is 5.60. The average molecular weight is 267 g/mol. The van der Waals surface area contributed by atoms with Gasteiger partial charge in [0.25, 0.3) is 0 Å². The average Bonchev–Trinajstić information content (AvgIpc) is 2.27. The molecule has 2 nitrogen and oxygen atoms in total. The first-order valence-corrected chi connectivity index (χ1v) is 7.08. The molecule has 0 radical (unpaired) electrons. The molecule has 0 spiro atoms. The Bertz CT molecular complexity index is 399. The lowest BCUT2D eigenvalue weighted by atomic mass is 9.75. The monoisotopic (exact) mass is 266 g/mol. The van der Waals surface area contributed by atoms with Crippen molar-refractivity contribution in [3.63, 3.8) is 0 Å². The minimum absolute atomic E-state index is 0.302. The van der Waals surface area contributed by atoms with Crippen LogP contribution in [0.3, 0.4) is 0 Å². The fraction of sp³-hybridized carbons (Fsp3) is 0.600. The van der Waals surface area contributed by atoms with Crippen LogP contribution in [-0.2, 0) is 0 Å². The van der Waals surface area contributed by atoms with E-state index in [9.17, 15) is 0 Å². The Kier molecular flexibility index (Phi) is 4.31. The highest BCUT2D eigenvalue weighted by Crippen LogP contribution is 2.36. The van der Waals surface area contributed by atoms with Gasteiger partial charge in [0.2, 0.25) is 0 Å². The molecule has 0 aliphatic heterocycles. The van der Waals surface area contributed by atoms with E-state index < -0.39 is 0 Å². The summed E-state index contributed by atoms with van der Waals surface area (Å²) in [5, 5.41) is 4.49. The van der Waals surface area contributed by atoms with E-state index in [0.717, 1.165) is 11.6 Å². The lowest BCUT2D eigenvalue weighted by molar-refractivity contribution is 0.0576. The molecule has 0 saturated heterocycles. The van der Waals surface area contributed by atoms with Gasteiger partial charge in [-0.25, -0.2) is 0 Å². The number of nitrogens with one attached hydrogen (secondary N) is 1. The van der Waals surface area contributed by atoms with Crippen LogP contribution in [-0.4, -0.2) is 31.1 Å². The van der Waals surface area contributed by atoms with E-state index >= 15 is 0 Å². The second-order valence-corrected chi connectivity index (χ2v) is 6.00. The smallest absolute Gasteiger partial charge is 0.0453 e. The van der Waals surface area contributed by atoms with Gasteiger partial charge in [-0.3, -0.25) is 0 Å². The molecule has 1 aromatic carbocycles. The number of nitrogens with zero attached hydrogens (tertiary/aromatic N) is 1. The van der Waals surface area contributed by atoms with Crippen molar-refractivity contribution >= 4 is 11.6 Å². The highest BCUT2D eigenvalue weighted by Gasteiger charge is 2.38. The Balaban J connectivity index is 1.96. The molecular weight excluding hydrogens is 244 g/mol. The summed E-state index contributed by atoms with van der Waals surface area (Å²) in [6, 6.07) is 8.38. The third-order valence-electron chi connectivity index (χ3n) is 4.34. The second kappa shape index (κ2) is 5.60. The summed E-state index contributed by atoms with van der Waals surface area (Å²) in [6.07, 6.45) is 3.94. The van der Waals surface area contributed by atoms with Gasteiger partial charge in [0, 0.05) is 23.1 Å². The number of halogens is 1. The maximum absolute atomic E-state index is 6.23. The molecule has 3 heteroatoms. The summed E-state index contributed by atoms with van der Waals surface area (Å²) in [4.78, 5) is 2.36. The fourth-order valence-electron chi connectivity index (χ4n) is 2.65. The predicted molar refractivity (Wildman–Crippen MR) is 78.1 cm³/mol. The van der Waals surface area contributed by atoms with E-state index in [-0.39, 0.29) is 0 Å². The standard InChI is InChI=1S/C15H23ClN2/c1-12(13-7-4-5-8-14(13)16)17-11-15(18(2)3)9-6-10-15/h4-5,7-8,12,17H,6,9-11H2,1-3H3. The summed E-state index contributed by atoms with van der Waals surface area (Å²) in [5.41, 5.74) is 1.54. The Hall–Kier alpha value is -0.570. The van der Waals surface area contributed by atoms with E-state index in [1.807, 2.05) is 18.2 Å². The molecule has 2 rings (SSSR count). The number of hydrogen-bond acceptors (Lipinski definition) is 2. The first kappa shape index (κ1) is 13.9. The molecule has 1 unspecified atom stereocenters. The van der Waals surface area contributed by atoms with Gasteiger partial charge in [-0.05, 0) is 51.9 Å². The molecule has 0 bridgehead atoms. The van der Waals surface area contributed by atoms with Crippen LogP contribution in [0.1, 0.15) is 37.8 Å². The summed E-state index contributed by atoms with van der Waals surface area (Å²) in [5.74, 6) is 0. The van der Waals surface area contributed by atoms with Crippen molar-refractivity contribution in [1.82, 2.24) is 10.2 Å². The Morgan fingerprint density at radius 1 is 1.33 bits per heavy atom.